The van der Waals surface area contributed by atoms with Crippen LogP contribution in [0.15, 0.2) is 30.5 Å². The van der Waals surface area contributed by atoms with Gasteiger partial charge in [0.05, 0.1) is 18.3 Å². The summed E-state index contributed by atoms with van der Waals surface area (Å²) in [7, 11) is 1.96. The Kier molecular flexibility index (Phi) is 5.39. The van der Waals surface area contributed by atoms with Crippen LogP contribution in [0.1, 0.15) is 43.1 Å². The number of nitrogens with zero attached hydrogens (tertiary/aromatic N) is 2. The molecule has 0 aliphatic rings. The van der Waals surface area contributed by atoms with Crippen molar-refractivity contribution in [1.29, 1.82) is 0 Å². The van der Waals surface area contributed by atoms with E-state index in [1.54, 1.807) is 0 Å². The molecule has 0 bridgehead atoms. The Labute approximate surface area is 127 Å². The summed E-state index contributed by atoms with van der Waals surface area (Å²) in [5, 5.41) is 8.10. The SMILES string of the molecule is CCCNC(c1ccccc1OCC)c1cn(C)nc1C. The van der Waals surface area contributed by atoms with Crippen LogP contribution in [0.25, 0.3) is 0 Å². The molecule has 1 aromatic heterocycles. The van der Waals surface area contributed by atoms with Crippen LogP contribution in [-0.2, 0) is 7.05 Å². The molecule has 114 valence electrons. The maximum atomic E-state index is 5.80. The molecule has 0 aliphatic carbocycles. The first kappa shape index (κ1) is 15.6. The molecule has 4 nitrogen and oxygen atoms in total. The largest absolute Gasteiger partial charge is 0.494 e. The van der Waals surface area contributed by atoms with Gasteiger partial charge in [0.25, 0.3) is 0 Å². The van der Waals surface area contributed by atoms with Gasteiger partial charge in [-0.15, -0.1) is 0 Å². The Morgan fingerprint density at radius 3 is 2.62 bits per heavy atom. The summed E-state index contributed by atoms with van der Waals surface area (Å²) in [6.45, 7) is 7.87. The van der Waals surface area contributed by atoms with Gasteiger partial charge >= 0.3 is 0 Å². The third-order valence-electron chi connectivity index (χ3n) is 3.49. The van der Waals surface area contributed by atoms with E-state index in [9.17, 15) is 0 Å². The van der Waals surface area contributed by atoms with Crippen LogP contribution < -0.4 is 10.1 Å². The number of benzene rings is 1. The van der Waals surface area contributed by atoms with Gasteiger partial charge in [0.2, 0.25) is 0 Å². The zero-order valence-electron chi connectivity index (χ0n) is 13.4. The Morgan fingerprint density at radius 2 is 2.00 bits per heavy atom. The Hall–Kier alpha value is -1.81. The minimum atomic E-state index is 0.112. The van der Waals surface area contributed by atoms with Crippen LogP contribution in [0.4, 0.5) is 0 Å². The van der Waals surface area contributed by atoms with Crippen molar-refractivity contribution >= 4 is 0 Å². The normalized spacial score (nSPS) is 12.4. The van der Waals surface area contributed by atoms with Crippen LogP contribution in [0.3, 0.4) is 0 Å². The standard InChI is InChI=1S/C17H25N3O/c1-5-11-18-17(15-12-20(4)19-13(15)3)14-9-7-8-10-16(14)21-6-2/h7-10,12,17-18H,5-6,11H2,1-4H3. The van der Waals surface area contributed by atoms with E-state index in [-0.39, 0.29) is 6.04 Å². The summed E-state index contributed by atoms with van der Waals surface area (Å²) >= 11 is 0. The second kappa shape index (κ2) is 7.27. The number of hydrogen-bond donors (Lipinski definition) is 1. The number of para-hydroxylation sites is 1. The van der Waals surface area contributed by atoms with E-state index in [2.05, 4.69) is 42.6 Å². The Bertz CT molecular complexity index is 577. The summed E-state index contributed by atoms with van der Waals surface area (Å²) in [6.07, 6.45) is 3.18. The minimum Gasteiger partial charge on any atom is -0.494 e. The fourth-order valence-electron chi connectivity index (χ4n) is 2.58. The number of rotatable bonds is 7. The van der Waals surface area contributed by atoms with Gasteiger partial charge in [-0.1, -0.05) is 25.1 Å². The lowest BCUT2D eigenvalue weighted by Gasteiger charge is -2.21. The van der Waals surface area contributed by atoms with Gasteiger partial charge in [-0.25, -0.2) is 0 Å². The molecule has 0 amide bonds. The van der Waals surface area contributed by atoms with Crippen LogP contribution in [0.5, 0.6) is 5.75 Å². The average molecular weight is 287 g/mol. The van der Waals surface area contributed by atoms with Gasteiger partial charge < -0.3 is 10.1 Å². The summed E-state index contributed by atoms with van der Waals surface area (Å²) in [6, 6.07) is 8.35. The second-order valence-electron chi connectivity index (χ2n) is 5.20. The lowest BCUT2D eigenvalue weighted by atomic mass is 9.98. The van der Waals surface area contributed by atoms with Crippen molar-refractivity contribution in [2.24, 2.45) is 7.05 Å². The molecule has 2 aromatic rings. The molecule has 1 atom stereocenters. The van der Waals surface area contributed by atoms with Crippen LogP contribution in [-0.4, -0.2) is 22.9 Å². The van der Waals surface area contributed by atoms with E-state index >= 15 is 0 Å². The summed E-state index contributed by atoms with van der Waals surface area (Å²) in [4.78, 5) is 0. The number of aryl methyl sites for hydroxylation is 2. The Morgan fingerprint density at radius 1 is 1.24 bits per heavy atom. The van der Waals surface area contributed by atoms with Crippen LogP contribution in [0, 0.1) is 6.92 Å². The highest BCUT2D eigenvalue weighted by molar-refractivity contribution is 5.42. The molecule has 0 radical (unpaired) electrons. The van der Waals surface area contributed by atoms with Crippen molar-refractivity contribution in [3.05, 3.63) is 47.3 Å². The molecular weight excluding hydrogens is 262 g/mol. The number of nitrogens with one attached hydrogen (secondary N) is 1. The summed E-state index contributed by atoms with van der Waals surface area (Å²) in [5.41, 5.74) is 3.43. The molecular formula is C17H25N3O. The van der Waals surface area contributed by atoms with E-state index in [1.807, 2.05) is 30.8 Å². The number of ether oxygens (including phenoxy) is 1. The third-order valence-corrected chi connectivity index (χ3v) is 3.49. The number of hydrogen-bond acceptors (Lipinski definition) is 3. The maximum Gasteiger partial charge on any atom is 0.124 e. The lowest BCUT2D eigenvalue weighted by molar-refractivity contribution is 0.333. The predicted octanol–water partition coefficient (Wildman–Crippen LogP) is 3.22. The van der Waals surface area contributed by atoms with Gasteiger partial charge in [-0.2, -0.15) is 5.10 Å². The average Bonchev–Trinajstić information content (AvgIpc) is 2.80. The van der Waals surface area contributed by atoms with Crippen molar-refractivity contribution < 1.29 is 4.74 Å². The molecule has 4 heteroatoms. The minimum absolute atomic E-state index is 0.112. The molecule has 0 fully saturated rings. The summed E-state index contributed by atoms with van der Waals surface area (Å²) in [5.74, 6) is 0.942. The quantitative estimate of drug-likeness (QED) is 0.850. The highest BCUT2D eigenvalue weighted by atomic mass is 16.5. The first-order valence-electron chi connectivity index (χ1n) is 7.62. The van der Waals surface area contributed by atoms with E-state index in [0.29, 0.717) is 6.61 Å². The van der Waals surface area contributed by atoms with Gasteiger partial charge in [0, 0.05) is 24.4 Å². The first-order valence-corrected chi connectivity index (χ1v) is 7.62. The summed E-state index contributed by atoms with van der Waals surface area (Å²) < 4.78 is 7.67. The zero-order chi connectivity index (χ0) is 15.2. The third kappa shape index (κ3) is 3.64. The van der Waals surface area contributed by atoms with Gasteiger partial charge in [-0.05, 0) is 32.9 Å². The highest BCUT2D eigenvalue weighted by Crippen LogP contribution is 2.31. The van der Waals surface area contributed by atoms with Crippen molar-refractivity contribution in [2.75, 3.05) is 13.2 Å². The second-order valence-corrected chi connectivity index (χ2v) is 5.20. The van der Waals surface area contributed by atoms with Crippen molar-refractivity contribution in [2.45, 2.75) is 33.2 Å². The molecule has 0 spiro atoms. The molecule has 0 saturated heterocycles. The fraction of sp³-hybridized carbons (Fsp3) is 0.471. The highest BCUT2D eigenvalue weighted by Gasteiger charge is 2.21. The molecule has 2 rings (SSSR count). The maximum absolute atomic E-state index is 5.80. The van der Waals surface area contributed by atoms with Crippen molar-refractivity contribution in [3.63, 3.8) is 0 Å². The zero-order valence-corrected chi connectivity index (χ0v) is 13.4. The van der Waals surface area contributed by atoms with Crippen molar-refractivity contribution in [1.82, 2.24) is 15.1 Å². The van der Waals surface area contributed by atoms with E-state index in [0.717, 1.165) is 24.4 Å². The van der Waals surface area contributed by atoms with E-state index in [1.165, 1.54) is 11.1 Å². The molecule has 1 unspecified atom stereocenters. The lowest BCUT2D eigenvalue weighted by Crippen LogP contribution is -2.24. The molecule has 1 N–H and O–H groups in total. The number of aromatic nitrogens is 2. The van der Waals surface area contributed by atoms with Crippen molar-refractivity contribution in [3.8, 4) is 5.75 Å². The van der Waals surface area contributed by atoms with Crippen LogP contribution in [0.2, 0.25) is 0 Å². The Balaban J connectivity index is 2.43. The first-order chi connectivity index (χ1) is 10.2. The van der Waals surface area contributed by atoms with Gasteiger partial charge in [-0.3, -0.25) is 4.68 Å². The smallest absolute Gasteiger partial charge is 0.124 e. The molecule has 1 aromatic carbocycles. The molecule has 1 heterocycles. The van der Waals surface area contributed by atoms with E-state index in [4.69, 9.17) is 4.74 Å². The van der Waals surface area contributed by atoms with Gasteiger partial charge in [0.1, 0.15) is 5.75 Å². The van der Waals surface area contributed by atoms with Gasteiger partial charge in [0.15, 0.2) is 0 Å². The molecule has 0 aliphatic heterocycles. The topological polar surface area (TPSA) is 39.1 Å². The molecule has 21 heavy (non-hydrogen) atoms. The molecule has 0 saturated carbocycles. The monoisotopic (exact) mass is 287 g/mol. The predicted molar refractivity (Wildman–Crippen MR) is 85.7 cm³/mol. The van der Waals surface area contributed by atoms with Crippen LogP contribution >= 0.6 is 0 Å². The fourth-order valence-corrected chi connectivity index (χ4v) is 2.58. The van der Waals surface area contributed by atoms with E-state index < -0.39 is 0 Å².